The maximum Gasteiger partial charge on any atom is 0.249 e. The summed E-state index contributed by atoms with van der Waals surface area (Å²) in [5, 5.41) is 5.61. The molecular weight excluding hydrogens is 340 g/mol. The van der Waals surface area contributed by atoms with E-state index in [1.54, 1.807) is 0 Å². The van der Waals surface area contributed by atoms with Crippen LogP contribution in [0.1, 0.15) is 45.1 Å². The summed E-state index contributed by atoms with van der Waals surface area (Å²) in [6, 6.07) is 9.27. The molecule has 2 amide bonds. The highest BCUT2D eigenvalue weighted by molar-refractivity contribution is 6.01. The minimum atomic E-state index is -0.328. The minimum Gasteiger partial charge on any atom is -0.374 e. The summed E-state index contributed by atoms with van der Waals surface area (Å²) < 4.78 is 0. The number of nitrogens with zero attached hydrogens (tertiary/aromatic N) is 2. The third kappa shape index (κ3) is 5.30. The summed E-state index contributed by atoms with van der Waals surface area (Å²) in [6.07, 6.45) is 3.39. The number of hydrogen-bond donors (Lipinski definition) is 2. The molecule has 0 aromatic heterocycles. The van der Waals surface area contributed by atoms with Crippen LogP contribution in [0.3, 0.4) is 0 Å². The van der Waals surface area contributed by atoms with E-state index in [1.165, 1.54) is 18.4 Å². The standard InChI is InChI=1S/C21H32N4O2/c1-15(2)24(3)18-10-12-25(13-11-18)14-16-4-6-17(7-5-16)22-19-8-9-20(26)23-21(19)27/h4-7,15,18-19,22H,8-14H2,1-3H3,(H,23,26,27). The summed E-state index contributed by atoms with van der Waals surface area (Å²) in [5.74, 6) is -0.415. The van der Waals surface area contributed by atoms with Crippen molar-refractivity contribution in [1.82, 2.24) is 15.1 Å². The molecule has 1 unspecified atom stereocenters. The van der Waals surface area contributed by atoms with Gasteiger partial charge in [-0.05, 0) is 70.9 Å². The lowest BCUT2D eigenvalue weighted by Crippen LogP contribution is -2.47. The first kappa shape index (κ1) is 19.8. The zero-order valence-corrected chi connectivity index (χ0v) is 16.7. The molecule has 2 aliphatic heterocycles. The third-order valence-electron chi connectivity index (χ3n) is 5.89. The quantitative estimate of drug-likeness (QED) is 0.750. The maximum absolute atomic E-state index is 11.9. The minimum absolute atomic E-state index is 0.184. The Morgan fingerprint density at radius 1 is 1.15 bits per heavy atom. The van der Waals surface area contributed by atoms with Crippen molar-refractivity contribution < 1.29 is 9.59 Å². The fraction of sp³-hybridized carbons (Fsp3) is 0.619. The number of piperidine rings is 2. The Labute approximate surface area is 162 Å². The second kappa shape index (κ2) is 8.85. The largest absolute Gasteiger partial charge is 0.374 e. The predicted octanol–water partition coefficient (Wildman–Crippen LogP) is 2.21. The SMILES string of the molecule is CC(C)N(C)C1CCN(Cc2ccc(NC3CCC(=O)NC3=O)cc2)CC1. The predicted molar refractivity (Wildman–Crippen MR) is 107 cm³/mol. The van der Waals surface area contributed by atoms with E-state index in [4.69, 9.17) is 0 Å². The Morgan fingerprint density at radius 2 is 1.81 bits per heavy atom. The normalized spacial score (nSPS) is 22.3. The number of rotatable bonds is 6. The van der Waals surface area contributed by atoms with Crippen LogP contribution in [0.2, 0.25) is 0 Å². The molecule has 27 heavy (non-hydrogen) atoms. The van der Waals surface area contributed by atoms with Gasteiger partial charge in [-0.25, -0.2) is 0 Å². The van der Waals surface area contributed by atoms with Gasteiger partial charge in [-0.3, -0.25) is 19.8 Å². The van der Waals surface area contributed by atoms with E-state index in [1.807, 2.05) is 12.1 Å². The van der Waals surface area contributed by atoms with Crippen molar-refractivity contribution >= 4 is 17.5 Å². The first-order valence-electron chi connectivity index (χ1n) is 10.1. The van der Waals surface area contributed by atoms with Crippen LogP contribution in [0, 0.1) is 0 Å². The van der Waals surface area contributed by atoms with E-state index in [-0.39, 0.29) is 17.9 Å². The topological polar surface area (TPSA) is 64.7 Å². The van der Waals surface area contributed by atoms with Gasteiger partial charge in [-0.2, -0.15) is 0 Å². The van der Waals surface area contributed by atoms with Gasteiger partial charge >= 0.3 is 0 Å². The van der Waals surface area contributed by atoms with Crippen LogP contribution in [-0.2, 0) is 16.1 Å². The summed E-state index contributed by atoms with van der Waals surface area (Å²) in [7, 11) is 2.24. The van der Waals surface area contributed by atoms with Gasteiger partial charge in [-0.1, -0.05) is 12.1 Å². The molecule has 0 saturated carbocycles. The van der Waals surface area contributed by atoms with E-state index in [0.29, 0.717) is 24.9 Å². The van der Waals surface area contributed by atoms with Crippen LogP contribution in [0.15, 0.2) is 24.3 Å². The number of hydrogen-bond acceptors (Lipinski definition) is 5. The lowest BCUT2D eigenvalue weighted by molar-refractivity contribution is -0.133. The number of imide groups is 1. The number of amides is 2. The van der Waals surface area contributed by atoms with Crippen molar-refractivity contribution in [2.75, 3.05) is 25.5 Å². The molecule has 1 aromatic rings. The lowest BCUT2D eigenvalue weighted by Gasteiger charge is -2.38. The number of carbonyl (C=O) groups is 2. The highest BCUT2D eigenvalue weighted by Gasteiger charge is 2.26. The van der Waals surface area contributed by atoms with Crippen molar-refractivity contribution in [2.45, 2.75) is 64.2 Å². The molecule has 2 heterocycles. The number of benzene rings is 1. The number of nitrogens with one attached hydrogen (secondary N) is 2. The lowest BCUT2D eigenvalue weighted by atomic mass is 10.0. The second-order valence-corrected chi connectivity index (χ2v) is 8.11. The van der Waals surface area contributed by atoms with Gasteiger partial charge in [0.15, 0.2) is 0 Å². The average Bonchev–Trinajstić information content (AvgIpc) is 2.65. The Bertz CT molecular complexity index is 651. The number of likely N-dealkylation sites (tertiary alicyclic amines) is 1. The number of anilines is 1. The van der Waals surface area contributed by atoms with Crippen molar-refractivity contribution in [3.05, 3.63) is 29.8 Å². The summed E-state index contributed by atoms with van der Waals surface area (Å²) in [5.41, 5.74) is 2.21. The fourth-order valence-electron chi connectivity index (χ4n) is 3.90. The molecule has 2 fully saturated rings. The Morgan fingerprint density at radius 3 is 2.41 bits per heavy atom. The molecule has 2 saturated heterocycles. The van der Waals surface area contributed by atoms with Crippen LogP contribution in [0.25, 0.3) is 0 Å². The summed E-state index contributed by atoms with van der Waals surface area (Å²) in [4.78, 5) is 28.1. The summed E-state index contributed by atoms with van der Waals surface area (Å²) >= 11 is 0. The first-order chi connectivity index (χ1) is 12.9. The monoisotopic (exact) mass is 372 g/mol. The molecular formula is C21H32N4O2. The van der Waals surface area contributed by atoms with Crippen molar-refractivity contribution in [1.29, 1.82) is 0 Å². The molecule has 2 N–H and O–H groups in total. The summed E-state index contributed by atoms with van der Waals surface area (Å²) in [6.45, 7) is 7.76. The second-order valence-electron chi connectivity index (χ2n) is 8.11. The van der Waals surface area contributed by atoms with Crippen LogP contribution >= 0.6 is 0 Å². The van der Waals surface area contributed by atoms with E-state index in [2.05, 4.69) is 53.5 Å². The zero-order chi connectivity index (χ0) is 19.4. The molecule has 6 heteroatoms. The molecule has 148 valence electrons. The molecule has 0 bridgehead atoms. The fourth-order valence-corrected chi connectivity index (χ4v) is 3.90. The third-order valence-corrected chi connectivity index (χ3v) is 5.89. The molecule has 0 spiro atoms. The van der Waals surface area contributed by atoms with Gasteiger partial charge in [0.05, 0.1) is 0 Å². The molecule has 6 nitrogen and oxygen atoms in total. The van der Waals surface area contributed by atoms with Gasteiger partial charge in [0, 0.05) is 30.7 Å². The molecule has 3 rings (SSSR count). The van der Waals surface area contributed by atoms with E-state index < -0.39 is 0 Å². The van der Waals surface area contributed by atoms with Gasteiger partial charge in [0.1, 0.15) is 6.04 Å². The van der Waals surface area contributed by atoms with Gasteiger partial charge in [0.25, 0.3) is 0 Å². The van der Waals surface area contributed by atoms with Crippen molar-refractivity contribution in [3.63, 3.8) is 0 Å². The molecule has 0 radical (unpaired) electrons. The van der Waals surface area contributed by atoms with Crippen molar-refractivity contribution in [3.8, 4) is 0 Å². The van der Waals surface area contributed by atoms with Gasteiger partial charge in [0.2, 0.25) is 11.8 Å². The smallest absolute Gasteiger partial charge is 0.249 e. The Kier molecular flexibility index (Phi) is 6.50. The van der Waals surface area contributed by atoms with Crippen LogP contribution in [-0.4, -0.2) is 59.9 Å². The Hall–Kier alpha value is -1.92. The molecule has 1 atom stereocenters. The van der Waals surface area contributed by atoms with Gasteiger partial charge in [-0.15, -0.1) is 0 Å². The molecule has 0 aliphatic carbocycles. The van der Waals surface area contributed by atoms with Crippen LogP contribution < -0.4 is 10.6 Å². The molecule has 2 aliphatic rings. The van der Waals surface area contributed by atoms with Crippen LogP contribution in [0.4, 0.5) is 5.69 Å². The zero-order valence-electron chi connectivity index (χ0n) is 16.7. The van der Waals surface area contributed by atoms with Gasteiger partial charge < -0.3 is 10.2 Å². The van der Waals surface area contributed by atoms with Crippen LogP contribution in [0.5, 0.6) is 0 Å². The maximum atomic E-state index is 11.9. The van der Waals surface area contributed by atoms with E-state index >= 15 is 0 Å². The Balaban J connectivity index is 1.47. The highest BCUT2D eigenvalue weighted by Crippen LogP contribution is 2.20. The highest BCUT2D eigenvalue weighted by atomic mass is 16.2. The van der Waals surface area contributed by atoms with E-state index in [9.17, 15) is 9.59 Å². The average molecular weight is 373 g/mol. The van der Waals surface area contributed by atoms with Crippen molar-refractivity contribution in [2.24, 2.45) is 0 Å². The first-order valence-corrected chi connectivity index (χ1v) is 10.1. The molecule has 1 aromatic carbocycles. The van der Waals surface area contributed by atoms with E-state index in [0.717, 1.165) is 25.3 Å². The number of carbonyl (C=O) groups excluding carboxylic acids is 2.